The first-order valence-corrected chi connectivity index (χ1v) is 10.6. The number of hydrogen-bond donors (Lipinski definition) is 3. The molecule has 0 radical (unpaired) electrons. The van der Waals surface area contributed by atoms with Crippen molar-refractivity contribution in [2.75, 3.05) is 5.32 Å². The average Bonchev–Trinajstić information content (AvgIpc) is 2.99. The van der Waals surface area contributed by atoms with Gasteiger partial charge in [-0.2, -0.15) is 4.98 Å². The lowest BCUT2D eigenvalue weighted by Crippen LogP contribution is -2.49. The van der Waals surface area contributed by atoms with E-state index in [0.717, 1.165) is 11.1 Å². The van der Waals surface area contributed by atoms with E-state index in [2.05, 4.69) is 25.6 Å². The molecule has 0 aliphatic rings. The number of halogens is 2. The fraction of sp³-hybridized carbons (Fsp3) is 0.400. The van der Waals surface area contributed by atoms with Crippen LogP contribution in [0.1, 0.15) is 38.1 Å². The topological polar surface area (TPSA) is 109 Å². The normalized spacial score (nSPS) is 13.6. The number of rotatable bonds is 6. The number of thiophene rings is 1. The van der Waals surface area contributed by atoms with Gasteiger partial charge in [-0.3, -0.25) is 10.3 Å². The number of amides is 1. The average molecular weight is 468 g/mol. The van der Waals surface area contributed by atoms with Crippen LogP contribution in [0.15, 0.2) is 24.5 Å². The first kappa shape index (κ1) is 23.1. The monoisotopic (exact) mass is 467 g/mol. The molecule has 0 saturated carbocycles. The van der Waals surface area contributed by atoms with Crippen molar-refractivity contribution >= 4 is 45.1 Å². The molecule has 11 heteroatoms. The Morgan fingerprint density at radius 2 is 2.06 bits per heavy atom. The van der Waals surface area contributed by atoms with Gasteiger partial charge in [0, 0.05) is 29.6 Å². The van der Waals surface area contributed by atoms with Gasteiger partial charge >= 0.3 is 6.09 Å². The van der Waals surface area contributed by atoms with Crippen LogP contribution >= 0.6 is 22.9 Å². The molecule has 3 rings (SSSR count). The summed E-state index contributed by atoms with van der Waals surface area (Å²) in [6.07, 6.45) is 2.04. The second-order valence-electron chi connectivity index (χ2n) is 8.17. The third kappa shape index (κ3) is 6.46. The minimum Gasteiger partial charge on any atom is -0.444 e. The molecule has 0 saturated heterocycles. The number of fused-ring (bicyclic) bond motifs is 1. The maximum Gasteiger partial charge on any atom is 0.409 e. The number of carbonyl (C=O) groups excluding carboxylic acids is 1. The van der Waals surface area contributed by atoms with E-state index in [1.165, 1.54) is 24.5 Å². The Hall–Kier alpha value is -2.56. The van der Waals surface area contributed by atoms with E-state index in [-0.39, 0.29) is 18.2 Å². The minimum absolute atomic E-state index is 0.0354. The van der Waals surface area contributed by atoms with Gasteiger partial charge in [-0.25, -0.2) is 14.2 Å². The highest BCUT2D eigenvalue weighted by Crippen LogP contribution is 2.32. The standard InChI is InChI=1S/C20H23ClFN5O3S/c1-19(2,3)30-18(28)27-20(4,29)8-12-7-14-15(31-12)16(26-17(21)25-14)24-9-11-5-6-23-10-13(11)22/h5-7,10,29H,8-9H2,1-4H3,(H,27,28)(H,24,25,26). The number of aromatic nitrogens is 3. The molecular formula is C20H23ClFN5O3S. The van der Waals surface area contributed by atoms with Gasteiger partial charge in [0.1, 0.15) is 23.0 Å². The molecule has 166 valence electrons. The lowest BCUT2D eigenvalue weighted by Gasteiger charge is -2.27. The summed E-state index contributed by atoms with van der Waals surface area (Å²) in [6, 6.07) is 3.33. The third-order valence-corrected chi connectivity index (χ3v) is 5.29. The van der Waals surface area contributed by atoms with Crippen molar-refractivity contribution in [3.05, 3.63) is 46.1 Å². The van der Waals surface area contributed by atoms with Crippen molar-refractivity contribution in [1.82, 2.24) is 20.3 Å². The summed E-state index contributed by atoms with van der Waals surface area (Å²) in [5, 5.41) is 16.2. The van der Waals surface area contributed by atoms with E-state index in [9.17, 15) is 14.3 Å². The first-order chi connectivity index (χ1) is 14.4. The largest absolute Gasteiger partial charge is 0.444 e. The Balaban J connectivity index is 1.78. The Bertz CT molecular complexity index is 1100. The van der Waals surface area contributed by atoms with Crippen LogP contribution in [0.5, 0.6) is 0 Å². The van der Waals surface area contributed by atoms with Gasteiger partial charge in [-0.15, -0.1) is 11.3 Å². The summed E-state index contributed by atoms with van der Waals surface area (Å²) in [7, 11) is 0. The van der Waals surface area contributed by atoms with Crippen LogP contribution in [0.4, 0.5) is 15.0 Å². The van der Waals surface area contributed by atoms with E-state index < -0.39 is 23.2 Å². The maximum atomic E-state index is 13.9. The zero-order valence-corrected chi connectivity index (χ0v) is 19.1. The SMILES string of the molecule is CC(O)(Cc1cc2nc(Cl)nc(NCc3ccncc3F)c2s1)NC(=O)OC(C)(C)C. The summed E-state index contributed by atoms with van der Waals surface area (Å²) in [6.45, 7) is 6.87. The van der Waals surface area contributed by atoms with E-state index in [1.54, 1.807) is 32.9 Å². The molecule has 0 aliphatic heterocycles. The molecule has 1 unspecified atom stereocenters. The molecule has 3 heterocycles. The molecule has 3 aromatic rings. The van der Waals surface area contributed by atoms with Gasteiger partial charge < -0.3 is 15.2 Å². The van der Waals surface area contributed by atoms with Crippen molar-refractivity contribution in [1.29, 1.82) is 0 Å². The Kier molecular flexibility index (Phi) is 6.63. The van der Waals surface area contributed by atoms with Crippen LogP contribution in [0.2, 0.25) is 5.28 Å². The van der Waals surface area contributed by atoms with Gasteiger partial charge in [0.15, 0.2) is 0 Å². The van der Waals surface area contributed by atoms with E-state index in [4.69, 9.17) is 16.3 Å². The number of hydrogen-bond acceptors (Lipinski definition) is 8. The predicted octanol–water partition coefficient (Wildman–Crippen LogP) is 4.27. The number of anilines is 1. The Morgan fingerprint density at radius 3 is 2.74 bits per heavy atom. The van der Waals surface area contributed by atoms with Crippen molar-refractivity contribution in [2.24, 2.45) is 0 Å². The summed E-state index contributed by atoms with van der Waals surface area (Å²) in [4.78, 5) is 24.9. The zero-order chi connectivity index (χ0) is 22.8. The quantitative estimate of drug-likeness (QED) is 0.367. The lowest BCUT2D eigenvalue weighted by atomic mass is 10.1. The fourth-order valence-electron chi connectivity index (χ4n) is 2.79. The third-order valence-electron chi connectivity index (χ3n) is 3.99. The summed E-state index contributed by atoms with van der Waals surface area (Å²) < 4.78 is 19.7. The summed E-state index contributed by atoms with van der Waals surface area (Å²) in [5.74, 6) is 0.0183. The summed E-state index contributed by atoms with van der Waals surface area (Å²) in [5.41, 5.74) is -1.22. The van der Waals surface area contributed by atoms with Gasteiger partial charge in [-0.05, 0) is 51.4 Å². The van der Waals surface area contributed by atoms with Crippen LogP contribution in [0.3, 0.4) is 0 Å². The number of pyridine rings is 1. The maximum absolute atomic E-state index is 13.9. The number of carbonyl (C=O) groups is 1. The lowest BCUT2D eigenvalue weighted by molar-refractivity contribution is -0.00168. The fourth-order valence-corrected chi connectivity index (χ4v) is 4.18. The van der Waals surface area contributed by atoms with Crippen molar-refractivity contribution in [3.8, 4) is 0 Å². The van der Waals surface area contributed by atoms with E-state index in [1.807, 2.05) is 0 Å². The number of nitrogens with one attached hydrogen (secondary N) is 2. The highest BCUT2D eigenvalue weighted by molar-refractivity contribution is 7.19. The van der Waals surface area contributed by atoms with Gasteiger partial charge in [0.05, 0.1) is 16.4 Å². The van der Waals surface area contributed by atoms with Crippen molar-refractivity contribution < 1.29 is 19.0 Å². The molecular weight excluding hydrogens is 445 g/mol. The molecule has 1 atom stereocenters. The van der Waals surface area contributed by atoms with Crippen molar-refractivity contribution in [2.45, 2.75) is 52.0 Å². The van der Waals surface area contributed by atoms with Gasteiger partial charge in [-0.1, -0.05) is 0 Å². The van der Waals surface area contributed by atoms with Crippen LogP contribution in [-0.2, 0) is 17.7 Å². The highest BCUT2D eigenvalue weighted by Gasteiger charge is 2.28. The Morgan fingerprint density at radius 1 is 1.32 bits per heavy atom. The van der Waals surface area contributed by atoms with Gasteiger partial charge in [0.2, 0.25) is 5.28 Å². The summed E-state index contributed by atoms with van der Waals surface area (Å²) >= 11 is 7.38. The molecule has 0 aromatic carbocycles. The second-order valence-corrected chi connectivity index (χ2v) is 9.64. The minimum atomic E-state index is -1.55. The second kappa shape index (κ2) is 8.89. The molecule has 0 spiro atoms. The number of aliphatic hydroxyl groups is 1. The smallest absolute Gasteiger partial charge is 0.409 e. The predicted molar refractivity (Wildman–Crippen MR) is 118 cm³/mol. The van der Waals surface area contributed by atoms with Gasteiger partial charge in [0.25, 0.3) is 0 Å². The molecule has 0 fully saturated rings. The van der Waals surface area contributed by atoms with Crippen LogP contribution in [0, 0.1) is 5.82 Å². The molecule has 0 aliphatic carbocycles. The molecule has 3 N–H and O–H groups in total. The van der Waals surface area contributed by atoms with E-state index >= 15 is 0 Å². The van der Waals surface area contributed by atoms with Crippen LogP contribution in [0.25, 0.3) is 10.2 Å². The number of nitrogens with zero attached hydrogens (tertiary/aromatic N) is 3. The molecule has 31 heavy (non-hydrogen) atoms. The van der Waals surface area contributed by atoms with Crippen molar-refractivity contribution in [3.63, 3.8) is 0 Å². The number of alkyl carbamates (subject to hydrolysis) is 1. The molecule has 1 amide bonds. The molecule has 3 aromatic heterocycles. The van der Waals surface area contributed by atoms with Crippen LogP contribution < -0.4 is 10.6 Å². The number of ether oxygens (including phenoxy) is 1. The zero-order valence-electron chi connectivity index (χ0n) is 17.5. The highest BCUT2D eigenvalue weighted by atomic mass is 35.5. The molecule has 8 nitrogen and oxygen atoms in total. The van der Waals surface area contributed by atoms with Crippen LogP contribution in [-0.4, -0.2) is 37.5 Å². The van der Waals surface area contributed by atoms with E-state index in [0.29, 0.717) is 21.6 Å². The Labute approximate surface area is 187 Å². The molecule has 0 bridgehead atoms. The first-order valence-electron chi connectivity index (χ1n) is 9.44.